The van der Waals surface area contributed by atoms with Gasteiger partial charge in [-0.25, -0.2) is 4.98 Å². The number of anilines is 1. The van der Waals surface area contributed by atoms with E-state index in [-0.39, 0.29) is 0 Å². The summed E-state index contributed by atoms with van der Waals surface area (Å²) in [4.78, 5) is 4.25. The lowest BCUT2D eigenvalue weighted by atomic mass is 10.2. The smallest absolute Gasteiger partial charge is 0.140 e. The van der Waals surface area contributed by atoms with Gasteiger partial charge >= 0.3 is 0 Å². The predicted octanol–water partition coefficient (Wildman–Crippen LogP) is 1.96. The number of ether oxygens (including phenoxy) is 1. The summed E-state index contributed by atoms with van der Waals surface area (Å²) < 4.78 is 5.78. The molecule has 2 N–H and O–H groups in total. The molecule has 1 aromatic rings. The van der Waals surface area contributed by atoms with Crippen LogP contribution in [0.4, 0.5) is 5.82 Å². The highest BCUT2D eigenvalue weighted by atomic mass is 79.9. The molecular weight excluding hydrogens is 272 g/mol. The van der Waals surface area contributed by atoms with Gasteiger partial charge in [-0.2, -0.15) is 0 Å². The van der Waals surface area contributed by atoms with Gasteiger partial charge in [0.05, 0.1) is 17.2 Å². The topological polar surface area (TPSA) is 54.4 Å². The van der Waals surface area contributed by atoms with Crippen LogP contribution in [0.2, 0.25) is 0 Å². The summed E-state index contributed by atoms with van der Waals surface area (Å²) in [5.41, 5.74) is 1.11. The van der Waals surface area contributed by atoms with Crippen molar-refractivity contribution in [1.29, 1.82) is 0 Å². The molecule has 16 heavy (non-hydrogen) atoms. The number of aryl methyl sites for hydroxylation is 1. The van der Waals surface area contributed by atoms with Gasteiger partial charge in [-0.3, -0.25) is 0 Å². The van der Waals surface area contributed by atoms with Crippen molar-refractivity contribution in [2.24, 2.45) is 0 Å². The number of methoxy groups -OCH3 is 1. The van der Waals surface area contributed by atoms with Gasteiger partial charge in [0.25, 0.3) is 0 Å². The number of aliphatic hydroxyl groups excluding tert-OH is 1. The summed E-state index contributed by atoms with van der Waals surface area (Å²) in [5, 5.41) is 12.6. The average Bonchev–Trinajstić information content (AvgIpc) is 2.22. The fourth-order valence-electron chi connectivity index (χ4n) is 1.30. The van der Waals surface area contributed by atoms with Crippen LogP contribution < -0.4 is 5.32 Å². The first kappa shape index (κ1) is 13.4. The van der Waals surface area contributed by atoms with E-state index >= 15 is 0 Å². The first-order valence-corrected chi connectivity index (χ1v) is 5.95. The quantitative estimate of drug-likeness (QED) is 0.840. The number of halogens is 1. The largest absolute Gasteiger partial charge is 0.391 e. The third-order valence-electron chi connectivity index (χ3n) is 2.11. The molecule has 0 aliphatic carbocycles. The molecule has 0 saturated heterocycles. The summed E-state index contributed by atoms with van der Waals surface area (Å²) in [6.45, 7) is 3.02. The van der Waals surface area contributed by atoms with Crippen molar-refractivity contribution < 1.29 is 9.84 Å². The normalized spacial score (nSPS) is 12.5. The van der Waals surface area contributed by atoms with Crippen LogP contribution in [0.5, 0.6) is 0 Å². The van der Waals surface area contributed by atoms with Crippen molar-refractivity contribution in [2.45, 2.75) is 19.4 Å². The Labute approximate surface area is 104 Å². The highest BCUT2D eigenvalue weighted by molar-refractivity contribution is 9.10. The Bertz CT molecular complexity index is 334. The number of aromatic nitrogens is 1. The Morgan fingerprint density at radius 3 is 3.00 bits per heavy atom. The van der Waals surface area contributed by atoms with E-state index in [1.165, 1.54) is 0 Å². The minimum atomic E-state index is -0.429. The van der Waals surface area contributed by atoms with E-state index in [0.29, 0.717) is 19.6 Å². The SMILES string of the molecule is COCC(O)CCNc1ncc(C)cc1Br. The molecule has 1 heterocycles. The molecule has 90 valence electrons. The monoisotopic (exact) mass is 288 g/mol. The summed E-state index contributed by atoms with van der Waals surface area (Å²) >= 11 is 3.43. The molecule has 4 nitrogen and oxygen atoms in total. The standard InChI is InChI=1S/C11H17BrN2O2/c1-8-5-10(12)11(14-6-8)13-4-3-9(15)7-16-2/h5-6,9,15H,3-4,7H2,1-2H3,(H,13,14). The fourth-order valence-corrected chi connectivity index (χ4v) is 1.90. The molecule has 5 heteroatoms. The molecule has 0 bridgehead atoms. The fraction of sp³-hybridized carbons (Fsp3) is 0.545. The highest BCUT2D eigenvalue weighted by Gasteiger charge is 2.04. The summed E-state index contributed by atoms with van der Waals surface area (Å²) in [7, 11) is 1.58. The molecule has 1 atom stereocenters. The molecule has 0 saturated carbocycles. The molecule has 0 spiro atoms. The lowest BCUT2D eigenvalue weighted by molar-refractivity contribution is 0.0615. The van der Waals surface area contributed by atoms with E-state index in [4.69, 9.17) is 4.74 Å². The number of aliphatic hydroxyl groups is 1. The Balaban J connectivity index is 2.37. The lowest BCUT2D eigenvalue weighted by Gasteiger charge is -2.11. The van der Waals surface area contributed by atoms with Gasteiger partial charge in [0.15, 0.2) is 0 Å². The number of rotatable bonds is 6. The van der Waals surface area contributed by atoms with E-state index in [0.717, 1.165) is 15.9 Å². The van der Waals surface area contributed by atoms with Gasteiger partial charge in [-0.1, -0.05) is 0 Å². The van der Waals surface area contributed by atoms with Gasteiger partial charge in [-0.05, 0) is 40.9 Å². The van der Waals surface area contributed by atoms with Crippen LogP contribution >= 0.6 is 15.9 Å². The Morgan fingerprint density at radius 2 is 2.38 bits per heavy atom. The number of nitrogens with one attached hydrogen (secondary N) is 1. The van der Waals surface area contributed by atoms with Crippen LogP contribution in [0.1, 0.15) is 12.0 Å². The molecule has 0 aliphatic rings. The third kappa shape index (κ3) is 4.47. The first-order chi connectivity index (χ1) is 7.63. The zero-order valence-corrected chi connectivity index (χ0v) is 11.1. The van der Waals surface area contributed by atoms with E-state index < -0.39 is 6.10 Å². The van der Waals surface area contributed by atoms with E-state index in [9.17, 15) is 5.11 Å². The maximum atomic E-state index is 9.44. The summed E-state index contributed by atoms with van der Waals surface area (Å²) in [6.07, 6.45) is 2.01. The lowest BCUT2D eigenvalue weighted by Crippen LogP contribution is -2.18. The van der Waals surface area contributed by atoms with E-state index in [1.54, 1.807) is 13.3 Å². The highest BCUT2D eigenvalue weighted by Crippen LogP contribution is 2.20. The van der Waals surface area contributed by atoms with Crippen molar-refractivity contribution >= 4 is 21.7 Å². The molecule has 1 unspecified atom stereocenters. The average molecular weight is 289 g/mol. The third-order valence-corrected chi connectivity index (χ3v) is 2.71. The van der Waals surface area contributed by atoms with Crippen LogP contribution in [0.3, 0.4) is 0 Å². The number of pyridine rings is 1. The Hall–Kier alpha value is -0.650. The van der Waals surface area contributed by atoms with Gasteiger partial charge in [0.2, 0.25) is 0 Å². The number of hydrogen-bond donors (Lipinski definition) is 2. The van der Waals surface area contributed by atoms with Crippen molar-refractivity contribution in [1.82, 2.24) is 4.98 Å². The molecule has 1 rings (SSSR count). The van der Waals surface area contributed by atoms with Crippen molar-refractivity contribution in [3.05, 3.63) is 22.3 Å². The summed E-state index contributed by atoms with van der Waals surface area (Å²) in [5.74, 6) is 0.801. The Kier molecular flexibility index (Phi) is 5.73. The second kappa shape index (κ2) is 6.83. The molecule has 0 fully saturated rings. The van der Waals surface area contributed by atoms with E-state index in [2.05, 4.69) is 26.2 Å². The van der Waals surface area contributed by atoms with Crippen LogP contribution in [0, 0.1) is 6.92 Å². The van der Waals surface area contributed by atoms with Gasteiger partial charge in [0, 0.05) is 19.9 Å². The Morgan fingerprint density at radius 1 is 1.62 bits per heavy atom. The molecular formula is C11H17BrN2O2. The van der Waals surface area contributed by atoms with Crippen LogP contribution in [0.15, 0.2) is 16.7 Å². The van der Waals surface area contributed by atoms with Crippen LogP contribution in [-0.2, 0) is 4.74 Å². The van der Waals surface area contributed by atoms with Gasteiger partial charge in [0.1, 0.15) is 5.82 Å². The summed E-state index contributed by atoms with van der Waals surface area (Å²) in [6, 6.07) is 2.00. The second-order valence-electron chi connectivity index (χ2n) is 3.67. The van der Waals surface area contributed by atoms with Crippen LogP contribution in [0.25, 0.3) is 0 Å². The van der Waals surface area contributed by atoms with Crippen molar-refractivity contribution in [3.63, 3.8) is 0 Å². The first-order valence-electron chi connectivity index (χ1n) is 5.16. The molecule has 0 amide bonds. The number of nitrogens with zero attached hydrogens (tertiary/aromatic N) is 1. The molecule has 0 radical (unpaired) electrons. The zero-order valence-electron chi connectivity index (χ0n) is 9.53. The van der Waals surface area contributed by atoms with Crippen molar-refractivity contribution in [3.8, 4) is 0 Å². The molecule has 0 aromatic carbocycles. The second-order valence-corrected chi connectivity index (χ2v) is 4.52. The predicted molar refractivity (Wildman–Crippen MR) is 67.7 cm³/mol. The zero-order chi connectivity index (χ0) is 12.0. The minimum Gasteiger partial charge on any atom is -0.391 e. The number of hydrogen-bond acceptors (Lipinski definition) is 4. The van der Waals surface area contributed by atoms with Gasteiger partial charge < -0.3 is 15.2 Å². The maximum absolute atomic E-state index is 9.44. The van der Waals surface area contributed by atoms with Crippen molar-refractivity contribution in [2.75, 3.05) is 25.6 Å². The van der Waals surface area contributed by atoms with Crippen LogP contribution in [-0.4, -0.2) is 36.5 Å². The molecule has 0 aliphatic heterocycles. The molecule has 1 aromatic heterocycles. The maximum Gasteiger partial charge on any atom is 0.140 e. The van der Waals surface area contributed by atoms with E-state index in [1.807, 2.05) is 13.0 Å². The van der Waals surface area contributed by atoms with Gasteiger partial charge in [-0.15, -0.1) is 0 Å². The minimum absolute atomic E-state index is 0.365.